The molecule has 1 N–H and O–H groups in total. The van der Waals surface area contributed by atoms with Gasteiger partial charge in [-0.05, 0) is 112 Å². The largest absolute Gasteiger partial charge is 0.355 e. The third kappa shape index (κ3) is 8.73. The highest BCUT2D eigenvalue weighted by molar-refractivity contribution is 6.13. The average molecular weight is 1030 g/mol. The molecule has 0 radical (unpaired) electrons. The highest BCUT2D eigenvalue weighted by Crippen LogP contribution is 2.43. The molecule has 14 aromatic rings. The molecule has 0 aliphatic carbocycles. The van der Waals surface area contributed by atoms with Gasteiger partial charge >= 0.3 is 0 Å². The number of aromatic nitrogens is 3. The Morgan fingerprint density at radius 3 is 1.27 bits per heavy atom. The molecule has 7 nitrogen and oxygen atoms in total. The third-order valence-corrected chi connectivity index (χ3v) is 13.3. The summed E-state index contributed by atoms with van der Waals surface area (Å²) in [7, 11) is 0. The molecular formula is C70H41F2N7. The van der Waals surface area contributed by atoms with Crippen LogP contribution in [0.25, 0.3) is 125 Å². The molecule has 370 valence electrons. The second kappa shape index (κ2) is 20.7. The molecule has 0 saturated carbocycles. The van der Waals surface area contributed by atoms with E-state index in [1.165, 1.54) is 0 Å². The van der Waals surface area contributed by atoms with Crippen molar-refractivity contribution in [2.75, 3.05) is 0 Å². The zero-order chi connectivity index (χ0) is 67.0. The van der Waals surface area contributed by atoms with Crippen LogP contribution in [0.1, 0.15) is 26.1 Å². The Bertz CT molecular complexity index is 5460. The van der Waals surface area contributed by atoms with Crippen molar-refractivity contribution in [3.05, 3.63) is 294 Å². The summed E-state index contributed by atoms with van der Waals surface area (Å²) in [5.74, 6) is -1.73. The number of nitrogens with zero attached hydrogens (tertiary/aromatic N) is 6. The summed E-state index contributed by atoms with van der Waals surface area (Å²) < 4.78 is 152. The maximum absolute atomic E-state index is 12.7. The highest BCUT2D eigenvalue weighted by atomic mass is 19.1. The molecule has 14 rings (SSSR count). The first kappa shape index (κ1) is 34.3. The van der Waals surface area contributed by atoms with E-state index in [9.17, 15) is 14.0 Å². The Labute approximate surface area is 474 Å². The maximum Gasteiger partial charge on any atom is 0.232 e. The van der Waals surface area contributed by atoms with Gasteiger partial charge in [0.1, 0.15) is 11.6 Å². The zero-order valence-corrected chi connectivity index (χ0v) is 40.9. The fourth-order valence-corrected chi connectivity index (χ4v) is 9.87. The third-order valence-electron chi connectivity index (χ3n) is 13.3. The number of benzene rings is 11. The second-order valence-corrected chi connectivity index (χ2v) is 17.6. The van der Waals surface area contributed by atoms with E-state index in [-0.39, 0.29) is 82.3 Å². The van der Waals surface area contributed by atoms with Crippen LogP contribution in [-0.2, 0) is 0 Å². The Morgan fingerprint density at radius 1 is 0.392 bits per heavy atom. The van der Waals surface area contributed by atoms with E-state index < -0.39 is 59.3 Å². The van der Waals surface area contributed by atoms with Crippen molar-refractivity contribution in [1.29, 1.82) is 5.26 Å². The van der Waals surface area contributed by atoms with Crippen molar-refractivity contribution in [1.82, 2.24) is 14.1 Å². The molecule has 0 bridgehead atoms. The summed E-state index contributed by atoms with van der Waals surface area (Å²) >= 11 is 0. The van der Waals surface area contributed by atoms with Gasteiger partial charge in [0.2, 0.25) is 17.1 Å². The quantitative estimate of drug-likeness (QED) is 0.172. The summed E-state index contributed by atoms with van der Waals surface area (Å²) in [5.41, 5.74) is 6.65. The smallest absolute Gasteiger partial charge is 0.232 e. The number of aromatic amines is 1. The standard InChI is InChI=1S/C44H26N4.C18H13N.C8H2F2N2/c1-46-44-37(28-45)42(47-38-18-10-8-16-33(38)35-26-31(20-22-40(35)47)29-12-4-2-5-13-29)24-25-43(44)48-39-19-11-9-17-34(39)36-27-32(21-23-41(36)48)30-14-6-3-7-15-30;1-2-6-13(7-3-1)14-10-11-18-16(12-14)15-8-4-5-9-17(15)19-18;1-11-7-5(9)3-4-6(10)8(7)12-2/h2-27H;1-12,19H;3-4H/i2D,3D,4D,5D,6D,7D,12D,13D,14D,15D;1D,2D,3D,6D,7D;. The number of rotatable bonds is 5. The molecule has 9 heteroatoms. The van der Waals surface area contributed by atoms with E-state index in [4.69, 9.17) is 40.3 Å². The minimum atomic E-state index is -0.864. The lowest BCUT2D eigenvalue weighted by Gasteiger charge is -2.16. The number of para-hydroxylation sites is 3. The lowest BCUT2D eigenvalue weighted by atomic mass is 10.0. The van der Waals surface area contributed by atoms with Crippen molar-refractivity contribution in [3.8, 4) is 50.8 Å². The SMILES string of the molecule is [2H]c1c([2H])c([2H])c(-c2ccc3[nH]c4ccccc4c3c2)c([2H])c1[2H].[2H]c1c([2H])c([2H])c(-c2ccc3c(c2)c2ccccc2n3-c2ccc(-n3c4ccccc4c4cc(-c5c([2H])c([2H])c([2H])c([2H])c5[2H])ccc43)c([N+]#[C-])c2C#N)c([2H])c1[2H].[C-]#[N+]c1c(F)ccc(F)c1[N+]#[C-]. The fraction of sp³-hybridized carbons (Fsp3) is 0. The van der Waals surface area contributed by atoms with Crippen LogP contribution in [0.4, 0.5) is 25.8 Å². The Kier molecular flexibility index (Phi) is 9.00. The number of hydrogen-bond donors (Lipinski definition) is 1. The molecule has 79 heavy (non-hydrogen) atoms. The molecular weight excluding hydrogens is 977 g/mol. The van der Waals surface area contributed by atoms with Gasteiger partial charge in [-0.25, -0.2) is 23.3 Å². The lowest BCUT2D eigenvalue weighted by Crippen LogP contribution is -2.02. The normalized spacial score (nSPS) is 13.5. The predicted molar refractivity (Wildman–Crippen MR) is 317 cm³/mol. The summed E-state index contributed by atoms with van der Waals surface area (Å²) in [6.45, 7) is 21.4. The van der Waals surface area contributed by atoms with Gasteiger partial charge in [0.25, 0.3) is 0 Å². The summed E-state index contributed by atoms with van der Waals surface area (Å²) in [6, 6.07) is 41.3. The van der Waals surface area contributed by atoms with Crippen LogP contribution < -0.4 is 0 Å². The summed E-state index contributed by atoms with van der Waals surface area (Å²) in [6.07, 6.45) is 0. The van der Waals surface area contributed by atoms with Crippen molar-refractivity contribution < 1.29 is 29.3 Å². The number of fused-ring (bicyclic) bond motifs is 9. The molecule has 0 aliphatic heterocycles. The van der Waals surface area contributed by atoms with Crippen molar-refractivity contribution in [2.45, 2.75) is 0 Å². The molecule has 0 fully saturated rings. The lowest BCUT2D eigenvalue weighted by molar-refractivity contribution is 0.610. The Hall–Kier alpha value is -11.4. The number of nitriles is 1. The van der Waals surface area contributed by atoms with Gasteiger partial charge in [-0.15, -0.1) is 0 Å². The summed E-state index contributed by atoms with van der Waals surface area (Å²) in [4.78, 5) is 12.7. The number of hydrogen-bond acceptors (Lipinski definition) is 1. The Morgan fingerprint density at radius 2 is 0.785 bits per heavy atom. The van der Waals surface area contributed by atoms with Crippen LogP contribution in [0.2, 0.25) is 0 Å². The minimum Gasteiger partial charge on any atom is -0.355 e. The molecule has 0 spiro atoms. The monoisotopic (exact) mass is 1030 g/mol. The number of halogens is 2. The summed E-state index contributed by atoms with van der Waals surface area (Å²) in [5, 5.41) is 15.9. The topological polar surface area (TPSA) is 62.5 Å². The first-order valence-electron chi connectivity index (χ1n) is 31.6. The predicted octanol–water partition coefficient (Wildman–Crippen LogP) is 19.7. The molecule has 0 atom stereocenters. The van der Waals surface area contributed by atoms with Crippen molar-refractivity contribution in [3.63, 3.8) is 0 Å². The average Bonchev–Trinajstić information content (AvgIpc) is 1.54. The van der Waals surface area contributed by atoms with E-state index in [1.54, 1.807) is 54.6 Å². The molecule has 0 aliphatic rings. The van der Waals surface area contributed by atoms with Crippen molar-refractivity contribution in [2.24, 2.45) is 0 Å². The molecule has 3 heterocycles. The second-order valence-electron chi connectivity index (χ2n) is 17.6. The van der Waals surface area contributed by atoms with Crippen LogP contribution in [0.5, 0.6) is 0 Å². The maximum atomic E-state index is 12.7. The number of H-pyrrole nitrogens is 1. The molecule has 11 aromatic carbocycles. The van der Waals surface area contributed by atoms with Crippen LogP contribution >= 0.6 is 0 Å². The van der Waals surface area contributed by atoms with Gasteiger partial charge in [-0.2, -0.15) is 5.26 Å². The van der Waals surface area contributed by atoms with Crippen LogP contribution in [0, 0.1) is 42.7 Å². The van der Waals surface area contributed by atoms with Gasteiger partial charge in [-0.1, -0.05) is 163 Å². The van der Waals surface area contributed by atoms with Crippen LogP contribution in [-0.4, -0.2) is 14.1 Å². The molecule has 3 aromatic heterocycles. The first-order chi connectivity index (χ1) is 45.1. The van der Waals surface area contributed by atoms with Gasteiger partial charge in [-0.3, -0.25) is 0 Å². The fourth-order valence-electron chi connectivity index (χ4n) is 9.87. The zero-order valence-electron chi connectivity index (χ0n) is 55.9. The van der Waals surface area contributed by atoms with E-state index in [2.05, 4.69) is 25.6 Å². The molecule has 0 unspecified atom stereocenters. The molecule has 0 saturated heterocycles. The van der Waals surface area contributed by atoms with Gasteiger partial charge in [0.15, 0.2) is 0 Å². The van der Waals surface area contributed by atoms with Gasteiger partial charge in [0.05, 0.1) is 85.4 Å². The van der Waals surface area contributed by atoms with Gasteiger partial charge in [0, 0.05) is 43.4 Å². The van der Waals surface area contributed by atoms with E-state index in [1.807, 2.05) is 94.1 Å². The first-order valence-corrected chi connectivity index (χ1v) is 24.1. The number of nitrogens with one attached hydrogen (secondary N) is 1. The van der Waals surface area contributed by atoms with E-state index in [0.29, 0.717) is 39.1 Å². The van der Waals surface area contributed by atoms with E-state index in [0.717, 1.165) is 66.5 Å². The Balaban J connectivity index is 0.000000191. The van der Waals surface area contributed by atoms with Crippen molar-refractivity contribution >= 4 is 82.5 Å². The molecule has 0 amide bonds. The van der Waals surface area contributed by atoms with Crippen LogP contribution in [0.15, 0.2) is 242 Å². The minimum absolute atomic E-state index is 0.0775. The highest BCUT2D eigenvalue weighted by Gasteiger charge is 2.23. The van der Waals surface area contributed by atoms with E-state index >= 15 is 0 Å². The van der Waals surface area contributed by atoms with Crippen LogP contribution in [0.3, 0.4) is 0 Å². The van der Waals surface area contributed by atoms with Gasteiger partial charge < -0.3 is 14.1 Å².